The average Bonchev–Trinajstić information content (AvgIpc) is 2.92. The van der Waals surface area contributed by atoms with Gasteiger partial charge in [0.2, 0.25) is 0 Å². The summed E-state index contributed by atoms with van der Waals surface area (Å²) >= 11 is 0. The molecule has 0 bridgehead atoms. The van der Waals surface area contributed by atoms with Crippen molar-refractivity contribution in [3.63, 3.8) is 0 Å². The summed E-state index contributed by atoms with van der Waals surface area (Å²) in [6, 6.07) is 5.49. The van der Waals surface area contributed by atoms with Crippen LogP contribution in [0.25, 0.3) is 5.69 Å². The van der Waals surface area contributed by atoms with Crippen LogP contribution in [-0.2, 0) is 6.42 Å². The molecule has 0 fully saturated rings. The molecule has 0 saturated carbocycles. The van der Waals surface area contributed by atoms with E-state index >= 15 is 0 Å². The van der Waals surface area contributed by atoms with Crippen molar-refractivity contribution in [2.75, 3.05) is 19.6 Å². The molecule has 1 aromatic carbocycles. The Kier molecular flexibility index (Phi) is 4.34. The summed E-state index contributed by atoms with van der Waals surface area (Å²) in [5.41, 5.74) is 4.68. The number of aromatic hydroxyl groups is 1. The molecule has 27 heavy (non-hydrogen) atoms. The van der Waals surface area contributed by atoms with Gasteiger partial charge in [-0.3, -0.25) is 4.90 Å². The van der Waals surface area contributed by atoms with Gasteiger partial charge in [-0.1, -0.05) is 26.8 Å². The Bertz CT molecular complexity index is 890. The Balaban J connectivity index is 1.87. The quantitative estimate of drug-likeness (QED) is 0.756. The first kappa shape index (κ1) is 17.9. The van der Waals surface area contributed by atoms with Crippen LogP contribution in [0.4, 0.5) is 4.79 Å². The normalized spacial score (nSPS) is 21.9. The number of nitrogens with zero attached hydrogens (tertiary/aromatic N) is 3. The van der Waals surface area contributed by atoms with Crippen LogP contribution in [-0.4, -0.2) is 50.6 Å². The van der Waals surface area contributed by atoms with E-state index in [-0.39, 0.29) is 17.7 Å². The molecule has 7 nitrogen and oxygen atoms in total. The summed E-state index contributed by atoms with van der Waals surface area (Å²) in [5.74, 6) is 0.714. The lowest BCUT2D eigenvalue weighted by molar-refractivity contribution is 0.119. The second kappa shape index (κ2) is 6.56. The summed E-state index contributed by atoms with van der Waals surface area (Å²) in [6.07, 6.45) is -0.312. The molecule has 0 saturated heterocycles. The van der Waals surface area contributed by atoms with Crippen LogP contribution in [0.15, 0.2) is 18.2 Å². The molecule has 1 aromatic heterocycles. The minimum Gasteiger partial charge on any atom is -0.506 e. The van der Waals surface area contributed by atoms with E-state index in [2.05, 4.69) is 26.1 Å². The zero-order chi connectivity index (χ0) is 19.3. The summed E-state index contributed by atoms with van der Waals surface area (Å²) in [4.78, 5) is 13.2. The predicted octanol–water partition coefficient (Wildman–Crippen LogP) is 2.99. The van der Waals surface area contributed by atoms with Crippen molar-refractivity contribution < 1.29 is 15.0 Å². The van der Waals surface area contributed by atoms with Crippen LogP contribution in [0.3, 0.4) is 0 Å². The molecule has 2 atom stereocenters. The third-order valence-electron chi connectivity index (χ3n) is 5.74. The highest BCUT2D eigenvalue weighted by molar-refractivity contribution is 5.67. The second-order valence-electron chi connectivity index (χ2n) is 7.86. The third kappa shape index (κ3) is 2.86. The van der Waals surface area contributed by atoms with Gasteiger partial charge in [-0.25, -0.2) is 9.48 Å². The van der Waals surface area contributed by atoms with Gasteiger partial charge in [0.25, 0.3) is 0 Å². The fourth-order valence-corrected chi connectivity index (χ4v) is 4.24. The number of rotatable bonds is 2. The third-order valence-corrected chi connectivity index (χ3v) is 5.74. The number of phenolic OH excluding ortho intramolecular Hbond substituents is 1. The largest absolute Gasteiger partial charge is 0.506 e. The fourth-order valence-electron chi connectivity index (χ4n) is 4.24. The van der Waals surface area contributed by atoms with Crippen molar-refractivity contribution in [1.82, 2.24) is 20.0 Å². The molecule has 4 rings (SSSR count). The monoisotopic (exact) mass is 370 g/mol. The van der Waals surface area contributed by atoms with E-state index in [0.29, 0.717) is 31.1 Å². The first-order valence-electron chi connectivity index (χ1n) is 9.53. The molecule has 144 valence electrons. The molecule has 3 heterocycles. The highest BCUT2D eigenvalue weighted by Gasteiger charge is 2.39. The molecular weight excluding hydrogens is 344 g/mol. The van der Waals surface area contributed by atoms with Gasteiger partial charge in [0.05, 0.1) is 17.4 Å². The number of phenols is 1. The maximum atomic E-state index is 11.7. The predicted molar refractivity (Wildman–Crippen MR) is 102 cm³/mol. The number of benzene rings is 1. The maximum absolute atomic E-state index is 11.7. The van der Waals surface area contributed by atoms with Crippen LogP contribution in [0.5, 0.6) is 5.75 Å². The molecule has 0 spiro atoms. The number of carboxylic acid groups (broad SMARTS) is 1. The number of hydrogen-bond acceptors (Lipinski definition) is 4. The van der Waals surface area contributed by atoms with E-state index in [4.69, 9.17) is 5.10 Å². The smallest absolute Gasteiger partial charge is 0.407 e. The van der Waals surface area contributed by atoms with Crippen LogP contribution in [0.1, 0.15) is 61.2 Å². The van der Waals surface area contributed by atoms with Crippen molar-refractivity contribution >= 4 is 6.09 Å². The minimum absolute atomic E-state index is 0.177. The molecular formula is C20H26N4O3. The SMILES string of the molecule is CC(C)c1ccc(-n2nc3c4c2CCN(C(=O)O)C4CNCC3C)c(O)c1. The van der Waals surface area contributed by atoms with Crippen molar-refractivity contribution in [2.24, 2.45) is 0 Å². The van der Waals surface area contributed by atoms with Gasteiger partial charge < -0.3 is 15.5 Å². The van der Waals surface area contributed by atoms with Crippen LogP contribution < -0.4 is 5.32 Å². The van der Waals surface area contributed by atoms with E-state index in [1.54, 1.807) is 6.07 Å². The second-order valence-corrected chi connectivity index (χ2v) is 7.86. The summed E-state index contributed by atoms with van der Waals surface area (Å²) in [5, 5.41) is 28.5. The molecule has 0 radical (unpaired) electrons. The van der Waals surface area contributed by atoms with Gasteiger partial charge in [0.1, 0.15) is 11.4 Å². The van der Waals surface area contributed by atoms with Gasteiger partial charge in [0.15, 0.2) is 0 Å². The van der Waals surface area contributed by atoms with Gasteiger partial charge in [0, 0.05) is 37.5 Å². The first-order valence-corrected chi connectivity index (χ1v) is 9.53. The van der Waals surface area contributed by atoms with E-state index in [1.165, 1.54) is 4.90 Å². The fraction of sp³-hybridized carbons (Fsp3) is 0.500. The Hall–Kier alpha value is -2.54. The first-order chi connectivity index (χ1) is 12.9. The Morgan fingerprint density at radius 2 is 2.11 bits per heavy atom. The number of amides is 1. The standard InChI is InChI=1S/C20H26N4O3/c1-11(2)13-4-5-14(17(25)8-13)24-15-6-7-23(20(26)27)16-10-21-9-12(3)19(22-24)18(15)16/h4-5,8,11-12,16,21,25H,6-7,9-10H2,1-3H3,(H,26,27). The molecule has 0 aliphatic carbocycles. The van der Waals surface area contributed by atoms with E-state index in [1.807, 2.05) is 16.8 Å². The Morgan fingerprint density at radius 1 is 1.33 bits per heavy atom. The van der Waals surface area contributed by atoms with Gasteiger partial charge >= 0.3 is 6.09 Å². The van der Waals surface area contributed by atoms with Crippen molar-refractivity contribution in [3.8, 4) is 11.4 Å². The summed E-state index contributed by atoms with van der Waals surface area (Å²) in [7, 11) is 0. The summed E-state index contributed by atoms with van der Waals surface area (Å²) < 4.78 is 1.83. The Labute approximate surface area is 158 Å². The van der Waals surface area contributed by atoms with E-state index in [9.17, 15) is 15.0 Å². The van der Waals surface area contributed by atoms with Crippen molar-refractivity contribution in [2.45, 2.75) is 45.1 Å². The molecule has 3 N–H and O–H groups in total. The van der Waals surface area contributed by atoms with Crippen LogP contribution >= 0.6 is 0 Å². The number of carbonyl (C=O) groups is 1. The molecule has 2 unspecified atom stereocenters. The van der Waals surface area contributed by atoms with E-state index in [0.717, 1.165) is 29.1 Å². The lowest BCUT2D eigenvalue weighted by atomic mass is 9.93. The van der Waals surface area contributed by atoms with Crippen molar-refractivity contribution in [1.29, 1.82) is 0 Å². The summed E-state index contributed by atoms with van der Waals surface area (Å²) in [6.45, 7) is 8.05. The highest BCUT2D eigenvalue weighted by atomic mass is 16.4. The average molecular weight is 370 g/mol. The minimum atomic E-state index is -0.898. The Morgan fingerprint density at radius 3 is 2.78 bits per heavy atom. The van der Waals surface area contributed by atoms with Gasteiger partial charge in [-0.15, -0.1) is 0 Å². The number of nitrogens with one attached hydrogen (secondary N) is 1. The molecule has 1 amide bonds. The molecule has 2 aliphatic rings. The van der Waals surface area contributed by atoms with E-state index < -0.39 is 6.09 Å². The van der Waals surface area contributed by atoms with Gasteiger partial charge in [-0.2, -0.15) is 5.10 Å². The number of aromatic nitrogens is 2. The maximum Gasteiger partial charge on any atom is 0.407 e. The van der Waals surface area contributed by atoms with Crippen LogP contribution in [0, 0.1) is 0 Å². The lowest BCUT2D eigenvalue weighted by Crippen LogP contribution is -2.43. The highest BCUT2D eigenvalue weighted by Crippen LogP contribution is 2.39. The lowest BCUT2D eigenvalue weighted by Gasteiger charge is -2.33. The topological polar surface area (TPSA) is 90.6 Å². The van der Waals surface area contributed by atoms with Crippen molar-refractivity contribution in [3.05, 3.63) is 40.7 Å². The molecule has 2 aliphatic heterocycles. The molecule has 7 heteroatoms. The zero-order valence-electron chi connectivity index (χ0n) is 15.9. The number of hydrogen-bond donors (Lipinski definition) is 3. The van der Waals surface area contributed by atoms with Gasteiger partial charge in [-0.05, 0) is 23.6 Å². The molecule has 2 aromatic rings. The zero-order valence-corrected chi connectivity index (χ0v) is 15.9. The van der Waals surface area contributed by atoms with Crippen LogP contribution in [0.2, 0.25) is 0 Å².